The highest BCUT2D eigenvalue weighted by Crippen LogP contribution is 2.19. The Hall–Kier alpha value is -3.25. The second-order valence-electron chi connectivity index (χ2n) is 6.43. The van der Waals surface area contributed by atoms with Crippen LogP contribution in [0.1, 0.15) is 23.1 Å². The number of amides is 1. The molecule has 0 spiro atoms. The van der Waals surface area contributed by atoms with E-state index in [1.165, 1.54) is 0 Å². The molecule has 0 bridgehead atoms. The number of hydrogen-bond acceptors (Lipinski definition) is 8. The number of nitrogens with zero attached hydrogens (tertiary/aromatic N) is 6. The first-order chi connectivity index (χ1) is 13.6. The van der Waals surface area contributed by atoms with E-state index >= 15 is 0 Å². The standard InChI is InChI=1S/C19H24N8O/c1-4-8-21-17(28)14-7-6-9-20-16(14)24-18-22-15(5-2)23-19(25-18)27-12-10-26(3)11-13-27/h1,6-7,9H,5,8,10-13H2,2-3H3,(H,21,28)(H,20,22,23,24,25). The van der Waals surface area contributed by atoms with Gasteiger partial charge in [0.2, 0.25) is 11.9 Å². The van der Waals surface area contributed by atoms with E-state index in [1.807, 2.05) is 6.92 Å². The maximum absolute atomic E-state index is 12.3. The lowest BCUT2D eigenvalue weighted by atomic mass is 10.2. The normalized spacial score (nSPS) is 14.4. The number of carbonyl (C=O) groups is 1. The topological polar surface area (TPSA) is 99.2 Å². The largest absolute Gasteiger partial charge is 0.341 e. The molecule has 3 rings (SSSR count). The summed E-state index contributed by atoms with van der Waals surface area (Å²) in [6.07, 6.45) is 7.49. The first kappa shape index (κ1) is 19.5. The lowest BCUT2D eigenvalue weighted by Crippen LogP contribution is -2.45. The highest BCUT2D eigenvalue weighted by atomic mass is 16.1. The quantitative estimate of drug-likeness (QED) is 0.706. The molecule has 0 unspecified atom stereocenters. The number of aryl methyl sites for hydroxylation is 1. The number of terminal acetylenes is 1. The summed E-state index contributed by atoms with van der Waals surface area (Å²) in [6.45, 7) is 5.75. The number of aromatic nitrogens is 4. The molecule has 2 N–H and O–H groups in total. The van der Waals surface area contributed by atoms with Gasteiger partial charge in [0.1, 0.15) is 11.6 Å². The zero-order valence-corrected chi connectivity index (χ0v) is 16.1. The summed E-state index contributed by atoms with van der Waals surface area (Å²) in [5.41, 5.74) is 0.373. The van der Waals surface area contributed by atoms with Crippen LogP contribution in [0.3, 0.4) is 0 Å². The van der Waals surface area contributed by atoms with Gasteiger partial charge in [0.05, 0.1) is 12.1 Å². The first-order valence-corrected chi connectivity index (χ1v) is 9.23. The van der Waals surface area contributed by atoms with Crippen molar-refractivity contribution in [2.45, 2.75) is 13.3 Å². The van der Waals surface area contributed by atoms with Crippen LogP contribution in [-0.4, -0.2) is 70.5 Å². The van der Waals surface area contributed by atoms with Gasteiger partial charge in [-0.2, -0.15) is 15.0 Å². The van der Waals surface area contributed by atoms with Crippen molar-refractivity contribution in [2.75, 3.05) is 50.0 Å². The number of likely N-dealkylation sites (N-methyl/N-ethyl adjacent to an activating group) is 1. The van der Waals surface area contributed by atoms with Crippen LogP contribution in [0, 0.1) is 12.3 Å². The lowest BCUT2D eigenvalue weighted by molar-refractivity contribution is 0.0959. The van der Waals surface area contributed by atoms with Crippen molar-refractivity contribution in [3.05, 3.63) is 29.7 Å². The summed E-state index contributed by atoms with van der Waals surface area (Å²) in [5.74, 6) is 4.13. The summed E-state index contributed by atoms with van der Waals surface area (Å²) < 4.78 is 0. The summed E-state index contributed by atoms with van der Waals surface area (Å²) in [7, 11) is 2.10. The molecule has 1 aliphatic heterocycles. The fourth-order valence-corrected chi connectivity index (χ4v) is 2.79. The molecule has 1 fully saturated rings. The van der Waals surface area contributed by atoms with Gasteiger partial charge in [0, 0.05) is 38.8 Å². The van der Waals surface area contributed by atoms with Gasteiger partial charge in [0.25, 0.3) is 5.91 Å². The molecule has 1 saturated heterocycles. The van der Waals surface area contributed by atoms with Crippen LogP contribution in [0.25, 0.3) is 0 Å². The van der Waals surface area contributed by atoms with Crippen molar-refractivity contribution < 1.29 is 4.79 Å². The predicted molar refractivity (Wildman–Crippen MR) is 108 cm³/mol. The van der Waals surface area contributed by atoms with Crippen LogP contribution >= 0.6 is 0 Å². The Balaban J connectivity index is 1.86. The Morgan fingerprint density at radius 1 is 1.25 bits per heavy atom. The molecule has 0 aromatic carbocycles. The maximum Gasteiger partial charge on any atom is 0.255 e. The SMILES string of the molecule is C#CCNC(=O)c1cccnc1Nc1nc(CC)nc(N2CCN(C)CC2)n1. The molecule has 146 valence electrons. The Bertz CT molecular complexity index is 870. The Morgan fingerprint density at radius 3 is 2.75 bits per heavy atom. The number of nitrogens with one attached hydrogen (secondary N) is 2. The highest BCUT2D eigenvalue weighted by Gasteiger charge is 2.19. The molecule has 0 atom stereocenters. The molecule has 2 aromatic rings. The Morgan fingerprint density at radius 2 is 2.04 bits per heavy atom. The molecule has 28 heavy (non-hydrogen) atoms. The van der Waals surface area contributed by atoms with E-state index in [0.717, 1.165) is 26.2 Å². The Kier molecular flexibility index (Phi) is 6.34. The van der Waals surface area contributed by atoms with E-state index in [9.17, 15) is 4.79 Å². The van der Waals surface area contributed by atoms with Gasteiger partial charge in [-0.25, -0.2) is 4.98 Å². The average Bonchev–Trinajstić information content (AvgIpc) is 2.72. The molecular formula is C19H24N8O. The number of carbonyl (C=O) groups excluding carboxylic acids is 1. The fourth-order valence-electron chi connectivity index (χ4n) is 2.79. The van der Waals surface area contributed by atoms with Crippen LogP contribution in [0.4, 0.5) is 17.7 Å². The number of pyridine rings is 1. The van der Waals surface area contributed by atoms with E-state index in [1.54, 1.807) is 18.3 Å². The molecule has 0 radical (unpaired) electrons. The molecule has 3 heterocycles. The predicted octanol–water partition coefficient (Wildman–Crippen LogP) is 0.687. The summed E-state index contributed by atoms with van der Waals surface area (Å²) in [5, 5.41) is 5.71. The van der Waals surface area contributed by atoms with Gasteiger partial charge in [-0.3, -0.25) is 4.79 Å². The molecule has 9 heteroatoms. The highest BCUT2D eigenvalue weighted by molar-refractivity contribution is 5.99. The van der Waals surface area contributed by atoms with Crippen molar-refractivity contribution in [3.8, 4) is 12.3 Å². The van der Waals surface area contributed by atoms with E-state index in [0.29, 0.717) is 35.5 Å². The van der Waals surface area contributed by atoms with Gasteiger partial charge >= 0.3 is 0 Å². The minimum Gasteiger partial charge on any atom is -0.341 e. The first-order valence-electron chi connectivity index (χ1n) is 9.23. The third-order valence-electron chi connectivity index (χ3n) is 4.41. The van der Waals surface area contributed by atoms with Gasteiger partial charge < -0.3 is 20.4 Å². The summed E-state index contributed by atoms with van der Waals surface area (Å²) in [4.78, 5) is 34.6. The monoisotopic (exact) mass is 380 g/mol. The van der Waals surface area contributed by atoms with Gasteiger partial charge in [0.15, 0.2) is 0 Å². The van der Waals surface area contributed by atoms with E-state index in [2.05, 4.69) is 53.3 Å². The van der Waals surface area contributed by atoms with Crippen LogP contribution in [-0.2, 0) is 6.42 Å². The second kappa shape index (κ2) is 9.10. The number of piperazine rings is 1. The van der Waals surface area contributed by atoms with Crippen molar-refractivity contribution >= 4 is 23.6 Å². The van der Waals surface area contributed by atoms with Crippen LogP contribution in [0.2, 0.25) is 0 Å². The second-order valence-corrected chi connectivity index (χ2v) is 6.43. The van der Waals surface area contributed by atoms with Gasteiger partial charge in [-0.05, 0) is 19.2 Å². The molecule has 1 aliphatic rings. The fraction of sp³-hybridized carbons (Fsp3) is 0.421. The van der Waals surface area contributed by atoms with Crippen LogP contribution in [0.15, 0.2) is 18.3 Å². The molecule has 0 aliphatic carbocycles. The Labute approximate surface area is 164 Å². The molecule has 1 amide bonds. The van der Waals surface area contributed by atoms with Crippen molar-refractivity contribution in [2.24, 2.45) is 0 Å². The van der Waals surface area contributed by atoms with Crippen molar-refractivity contribution in [3.63, 3.8) is 0 Å². The van der Waals surface area contributed by atoms with E-state index < -0.39 is 0 Å². The van der Waals surface area contributed by atoms with Crippen molar-refractivity contribution in [1.29, 1.82) is 0 Å². The summed E-state index contributed by atoms with van der Waals surface area (Å²) >= 11 is 0. The number of anilines is 3. The molecule has 9 nitrogen and oxygen atoms in total. The lowest BCUT2D eigenvalue weighted by Gasteiger charge is -2.32. The van der Waals surface area contributed by atoms with Crippen LogP contribution < -0.4 is 15.5 Å². The summed E-state index contributed by atoms with van der Waals surface area (Å²) in [6, 6.07) is 3.36. The van der Waals surface area contributed by atoms with Gasteiger partial charge in [-0.15, -0.1) is 6.42 Å². The third kappa shape index (κ3) is 4.72. The van der Waals surface area contributed by atoms with Gasteiger partial charge in [-0.1, -0.05) is 12.8 Å². The zero-order chi connectivity index (χ0) is 19.9. The van der Waals surface area contributed by atoms with Crippen LogP contribution in [0.5, 0.6) is 0 Å². The number of hydrogen-bond donors (Lipinski definition) is 2. The minimum atomic E-state index is -0.308. The molecule has 2 aromatic heterocycles. The number of rotatable bonds is 6. The van der Waals surface area contributed by atoms with E-state index in [4.69, 9.17) is 6.42 Å². The van der Waals surface area contributed by atoms with Crippen molar-refractivity contribution in [1.82, 2.24) is 30.2 Å². The maximum atomic E-state index is 12.3. The van der Waals surface area contributed by atoms with E-state index in [-0.39, 0.29) is 12.5 Å². The smallest absolute Gasteiger partial charge is 0.255 e. The molecular weight excluding hydrogens is 356 g/mol. The zero-order valence-electron chi connectivity index (χ0n) is 16.1. The third-order valence-corrected chi connectivity index (χ3v) is 4.41. The minimum absolute atomic E-state index is 0.145. The average molecular weight is 380 g/mol. The molecule has 0 saturated carbocycles.